The summed E-state index contributed by atoms with van der Waals surface area (Å²) in [5.41, 5.74) is 33.5. The third-order valence-corrected chi connectivity index (χ3v) is 20.9. The van der Waals surface area contributed by atoms with Crippen LogP contribution in [0.1, 0.15) is 33.7 Å². The molecule has 0 amide bonds. The molecule has 0 N–H and O–H groups in total. The van der Waals surface area contributed by atoms with E-state index in [9.17, 15) is 0 Å². The summed E-state index contributed by atoms with van der Waals surface area (Å²) in [6.45, 7) is -0.275. The van der Waals surface area contributed by atoms with Crippen molar-refractivity contribution in [1.29, 1.82) is 0 Å². The van der Waals surface area contributed by atoms with Crippen LogP contribution in [0.2, 0.25) is 0 Å². The monoisotopic (exact) mass is 1230 g/mol. The zero-order chi connectivity index (χ0) is 63.7. The summed E-state index contributed by atoms with van der Waals surface area (Å²) in [4.78, 5) is 5.40. The number of rotatable bonds is 9. The van der Waals surface area contributed by atoms with E-state index in [-0.39, 0.29) is 12.6 Å². The van der Waals surface area contributed by atoms with Gasteiger partial charge in [-0.25, -0.2) is 0 Å². The lowest BCUT2D eigenvalue weighted by atomic mass is 9.33. The zero-order valence-electron chi connectivity index (χ0n) is 53.0. The molecule has 0 spiro atoms. The van der Waals surface area contributed by atoms with Crippen molar-refractivity contribution in [2.45, 2.75) is 12.3 Å². The minimum absolute atomic E-state index is 0.111. The minimum Gasteiger partial charge on any atom is -0.456 e. The van der Waals surface area contributed by atoms with Gasteiger partial charge in [-0.1, -0.05) is 291 Å². The number of fused-ring (bicyclic) bond motifs is 12. The van der Waals surface area contributed by atoms with Crippen LogP contribution in [-0.2, 0) is 6.42 Å². The second kappa shape index (κ2) is 22.1. The number of nitrogens with zero attached hydrogens (tertiary/aromatic N) is 3. The maximum absolute atomic E-state index is 6.69. The Hall–Kier alpha value is -12.4. The lowest BCUT2D eigenvalue weighted by Crippen LogP contribution is -2.61. The number of hydrogen-bond donors (Lipinski definition) is 0. The van der Waals surface area contributed by atoms with Gasteiger partial charge in [0.15, 0.2) is 0 Å². The van der Waals surface area contributed by atoms with Crippen LogP contribution in [0.3, 0.4) is 0 Å². The van der Waals surface area contributed by atoms with Gasteiger partial charge < -0.3 is 18.8 Å². The summed E-state index contributed by atoms with van der Waals surface area (Å²) in [6.07, 6.45) is 0.869. The summed E-state index contributed by atoms with van der Waals surface area (Å²) < 4.78 is 9.19. The first kappa shape index (κ1) is 55.1. The van der Waals surface area contributed by atoms with Gasteiger partial charge in [0.25, 0.3) is 6.71 Å². The first-order chi connectivity index (χ1) is 48.2. The fourth-order valence-corrected chi connectivity index (χ4v) is 16.8. The van der Waals surface area contributed by atoms with E-state index in [1.807, 2.05) is 0 Å². The van der Waals surface area contributed by atoms with Crippen LogP contribution in [-0.4, -0.2) is 11.3 Å². The molecule has 2 aliphatic heterocycles. The van der Waals surface area contributed by atoms with E-state index in [1.54, 1.807) is 0 Å². The molecule has 0 radical (unpaired) electrons. The molecule has 5 heteroatoms. The molecule has 0 saturated heterocycles. The third kappa shape index (κ3) is 8.58. The van der Waals surface area contributed by atoms with E-state index < -0.39 is 0 Å². The van der Waals surface area contributed by atoms with Crippen molar-refractivity contribution in [2.75, 3.05) is 9.80 Å². The second-order valence-electron chi connectivity index (χ2n) is 26.1. The summed E-state index contributed by atoms with van der Waals surface area (Å²) in [6, 6.07) is 129. The van der Waals surface area contributed by atoms with E-state index in [0.29, 0.717) is 0 Å². The average Bonchev–Trinajstić information content (AvgIpc) is 1.18. The quantitative estimate of drug-likeness (QED) is 0.135. The Morgan fingerprint density at radius 1 is 0.309 bits per heavy atom. The normalized spacial score (nSPS) is 13.0. The number of para-hydroxylation sites is 5. The molecular weight excluding hydrogens is 1170 g/mol. The smallest absolute Gasteiger partial charge is 0.252 e. The largest absolute Gasteiger partial charge is 0.456 e. The van der Waals surface area contributed by atoms with E-state index >= 15 is 0 Å². The van der Waals surface area contributed by atoms with Gasteiger partial charge >= 0.3 is 0 Å². The van der Waals surface area contributed by atoms with Gasteiger partial charge in [0.2, 0.25) is 0 Å². The van der Waals surface area contributed by atoms with Crippen LogP contribution in [0.15, 0.2) is 350 Å². The van der Waals surface area contributed by atoms with Crippen LogP contribution >= 0.6 is 0 Å². The molecule has 15 aromatic carbocycles. The maximum Gasteiger partial charge on any atom is 0.252 e. The topological polar surface area (TPSA) is 24.6 Å². The number of hydrogen-bond acceptors (Lipinski definition) is 3. The Bertz CT molecular complexity index is 5800. The standard InChI is InChI=1S/C92H60BN3O/c1-5-26-59(27-6-1)71-42-23-43-72(60-28-7-2-8-29-60)91(71)95-82-53-50-65(70-41-25-49-87-89(70)77-40-19-22-48-86(77)97-87)55-79(82)93-78-52-51-67(94-80-46-20-17-38-75(80)76-39-18-21-47-81(76)94)58-83(78)96(92-73(61-30-9-3-10-31-61)44-24-45-74(92)62-32-11-4-12-33-62)85-57-66(56-84(95)90(85)93)88-68-36-15-13-34-63(68)54-64-35-14-16-37-69(64)88/h1-53,55-58,88H,54H2. The Kier molecular flexibility index (Phi) is 12.5. The second-order valence-corrected chi connectivity index (χ2v) is 26.1. The summed E-state index contributed by atoms with van der Waals surface area (Å²) in [5, 5.41) is 4.66. The highest BCUT2D eigenvalue weighted by atomic mass is 16.3. The van der Waals surface area contributed by atoms with Gasteiger partial charge in [0.05, 0.1) is 22.4 Å². The van der Waals surface area contributed by atoms with Crippen LogP contribution in [0.25, 0.3) is 105 Å². The van der Waals surface area contributed by atoms with Crippen molar-refractivity contribution in [3.05, 3.63) is 374 Å². The highest BCUT2D eigenvalue weighted by Gasteiger charge is 2.46. The molecule has 0 fully saturated rings. The highest BCUT2D eigenvalue weighted by molar-refractivity contribution is 7.00. The molecule has 4 nitrogen and oxygen atoms in total. The minimum atomic E-state index is -0.275. The van der Waals surface area contributed by atoms with Gasteiger partial charge in [-0.2, -0.15) is 0 Å². The van der Waals surface area contributed by atoms with Gasteiger partial charge in [-0.05, 0) is 139 Å². The molecular formula is C92H60BN3O. The van der Waals surface area contributed by atoms with Crippen molar-refractivity contribution in [1.82, 2.24) is 4.57 Å². The number of aromatic nitrogens is 1. The lowest BCUT2D eigenvalue weighted by molar-refractivity contribution is 0.669. The Morgan fingerprint density at radius 3 is 1.32 bits per heavy atom. The van der Waals surface area contributed by atoms with Gasteiger partial charge in [-0.3, -0.25) is 0 Å². The van der Waals surface area contributed by atoms with Gasteiger partial charge in [-0.15, -0.1) is 0 Å². The lowest BCUT2D eigenvalue weighted by Gasteiger charge is -2.46. The van der Waals surface area contributed by atoms with Crippen LogP contribution in [0, 0.1) is 0 Å². The molecule has 97 heavy (non-hydrogen) atoms. The van der Waals surface area contributed by atoms with Crippen LogP contribution in [0.5, 0.6) is 0 Å². The van der Waals surface area contributed by atoms with Crippen molar-refractivity contribution in [2.24, 2.45) is 0 Å². The molecule has 20 rings (SSSR count). The predicted octanol–water partition coefficient (Wildman–Crippen LogP) is 22.2. The molecule has 4 heterocycles. The number of furan rings is 1. The van der Waals surface area contributed by atoms with Crippen LogP contribution < -0.4 is 26.2 Å². The molecule has 0 atom stereocenters. The van der Waals surface area contributed by atoms with E-state index in [2.05, 4.69) is 360 Å². The maximum atomic E-state index is 6.69. The van der Waals surface area contributed by atoms with Crippen molar-refractivity contribution >= 4 is 101 Å². The zero-order valence-corrected chi connectivity index (χ0v) is 53.0. The predicted molar refractivity (Wildman–Crippen MR) is 406 cm³/mol. The molecule has 0 bridgehead atoms. The highest BCUT2D eigenvalue weighted by Crippen LogP contribution is 2.55. The van der Waals surface area contributed by atoms with Gasteiger partial charge in [0, 0.05) is 78.2 Å². The summed E-state index contributed by atoms with van der Waals surface area (Å²) in [5.74, 6) is -0.111. The number of benzene rings is 15. The molecule has 17 aromatic rings. The molecule has 0 saturated carbocycles. The molecule has 3 aliphatic rings. The van der Waals surface area contributed by atoms with Crippen molar-refractivity contribution < 1.29 is 4.42 Å². The number of anilines is 6. The first-order valence-electron chi connectivity index (χ1n) is 33.8. The Morgan fingerprint density at radius 2 is 0.763 bits per heavy atom. The molecule has 452 valence electrons. The fourth-order valence-electron chi connectivity index (χ4n) is 16.8. The average molecular weight is 1230 g/mol. The third-order valence-electron chi connectivity index (χ3n) is 20.9. The Balaban J connectivity index is 0.981. The Labute approximate surface area is 563 Å². The van der Waals surface area contributed by atoms with E-state index in [4.69, 9.17) is 4.42 Å². The molecule has 1 aliphatic carbocycles. The SMILES string of the molecule is c1ccc(-c2cccc(-c3ccccc3)c2N2c3ccc(-c4cccc5oc6ccccc6c45)cc3B3c4ccc(-n5c6ccccc6c6ccccc65)cc4N(c4c(-c5ccccc5)cccc4-c4ccccc4)c4cc(C5c6ccccc6Cc6ccccc65)cc2c43)cc1. The van der Waals surface area contributed by atoms with E-state index in [1.165, 1.54) is 55.0 Å². The van der Waals surface area contributed by atoms with E-state index in [0.717, 1.165) is 135 Å². The first-order valence-corrected chi connectivity index (χ1v) is 33.8. The molecule has 0 unspecified atom stereocenters. The van der Waals surface area contributed by atoms with Crippen LogP contribution in [0.4, 0.5) is 34.1 Å². The summed E-state index contributed by atoms with van der Waals surface area (Å²) in [7, 11) is 0. The molecule has 2 aromatic heterocycles. The fraction of sp³-hybridized carbons (Fsp3) is 0.0217. The van der Waals surface area contributed by atoms with Crippen molar-refractivity contribution in [3.63, 3.8) is 0 Å². The van der Waals surface area contributed by atoms with Gasteiger partial charge in [0.1, 0.15) is 11.2 Å². The van der Waals surface area contributed by atoms with Crippen molar-refractivity contribution in [3.8, 4) is 61.3 Å². The summed E-state index contributed by atoms with van der Waals surface area (Å²) >= 11 is 0.